The number of benzene rings is 2. The Labute approximate surface area is 210 Å². The van der Waals surface area contributed by atoms with Crippen molar-refractivity contribution in [2.45, 2.75) is 26.1 Å². The number of hydrogen-bond acceptors (Lipinski definition) is 7. The van der Waals surface area contributed by atoms with Gasteiger partial charge in [-0.2, -0.15) is 0 Å². The molecule has 2 aromatic carbocycles. The molecule has 0 amide bonds. The van der Waals surface area contributed by atoms with Crippen molar-refractivity contribution >= 4 is 11.6 Å². The van der Waals surface area contributed by atoms with E-state index in [1.807, 2.05) is 36.4 Å². The van der Waals surface area contributed by atoms with Crippen LogP contribution >= 0.6 is 0 Å². The Balaban J connectivity index is 1.38. The van der Waals surface area contributed by atoms with Gasteiger partial charge in [-0.05, 0) is 74.0 Å². The van der Waals surface area contributed by atoms with Crippen LogP contribution in [-0.2, 0) is 22.7 Å². The van der Waals surface area contributed by atoms with Gasteiger partial charge in [-0.25, -0.2) is 14.4 Å². The zero-order chi connectivity index (χ0) is 24.6. The molecule has 0 aliphatic carbocycles. The average molecular weight is 491 g/mol. The molecule has 0 radical (unpaired) electrons. The van der Waals surface area contributed by atoms with Crippen LogP contribution in [0.1, 0.15) is 24.0 Å². The highest BCUT2D eigenvalue weighted by molar-refractivity contribution is 5.63. The Hall–Kier alpha value is -3.33. The topological polar surface area (TPSA) is 68.7 Å². The van der Waals surface area contributed by atoms with Crippen molar-refractivity contribution < 1.29 is 18.6 Å². The molecule has 0 saturated carbocycles. The average Bonchev–Trinajstić information content (AvgIpc) is 3.40. The number of aromatic nitrogens is 2. The molecule has 1 aromatic heterocycles. The molecule has 1 N–H and O–H groups in total. The van der Waals surface area contributed by atoms with Gasteiger partial charge in [-0.15, -0.1) is 0 Å². The summed E-state index contributed by atoms with van der Waals surface area (Å²) in [6.45, 7) is 5.42. The van der Waals surface area contributed by atoms with Crippen molar-refractivity contribution in [3.05, 3.63) is 77.8 Å². The van der Waals surface area contributed by atoms with E-state index in [0.29, 0.717) is 50.2 Å². The van der Waals surface area contributed by atoms with Crippen LogP contribution < -0.4 is 10.1 Å². The number of nitrogens with one attached hydrogen (secondary N) is 1. The van der Waals surface area contributed by atoms with E-state index >= 15 is 0 Å². The van der Waals surface area contributed by atoms with Gasteiger partial charge in [-0.3, -0.25) is 4.90 Å². The number of anilines is 2. The molecule has 2 aliphatic rings. The molecule has 7 nitrogen and oxygen atoms in total. The molecular weight excluding hydrogens is 459 g/mol. The van der Waals surface area contributed by atoms with E-state index in [1.165, 1.54) is 25.0 Å². The highest BCUT2D eigenvalue weighted by Crippen LogP contribution is 2.27. The van der Waals surface area contributed by atoms with Crippen molar-refractivity contribution in [2.75, 3.05) is 44.8 Å². The number of hydrogen-bond donors (Lipinski definition) is 1. The van der Waals surface area contributed by atoms with E-state index in [-0.39, 0.29) is 5.82 Å². The summed E-state index contributed by atoms with van der Waals surface area (Å²) in [5.74, 6) is 0.902. The van der Waals surface area contributed by atoms with E-state index < -0.39 is 0 Å². The van der Waals surface area contributed by atoms with E-state index in [0.717, 1.165) is 42.2 Å². The molecule has 1 fully saturated rings. The van der Waals surface area contributed by atoms with Crippen LogP contribution in [0.2, 0.25) is 0 Å². The quantitative estimate of drug-likeness (QED) is 0.510. The zero-order valence-electron chi connectivity index (χ0n) is 20.3. The first-order valence-corrected chi connectivity index (χ1v) is 12.4. The Morgan fingerprint density at radius 2 is 1.81 bits per heavy atom. The minimum Gasteiger partial charge on any atom is -0.492 e. The summed E-state index contributed by atoms with van der Waals surface area (Å²) in [6, 6.07) is 12.5. The van der Waals surface area contributed by atoms with Gasteiger partial charge < -0.3 is 19.5 Å². The van der Waals surface area contributed by atoms with Crippen molar-refractivity contribution in [1.82, 2.24) is 14.9 Å². The molecule has 5 rings (SSSR count). The second kappa shape index (κ2) is 12.1. The summed E-state index contributed by atoms with van der Waals surface area (Å²) >= 11 is 0. The van der Waals surface area contributed by atoms with Crippen molar-refractivity contribution in [3.8, 4) is 17.0 Å². The maximum atomic E-state index is 14.3. The third-order valence-electron chi connectivity index (χ3n) is 6.21. The Morgan fingerprint density at radius 1 is 0.972 bits per heavy atom. The van der Waals surface area contributed by atoms with Gasteiger partial charge in [0.2, 0.25) is 5.95 Å². The lowest BCUT2D eigenvalue weighted by atomic mass is 10.1. The lowest BCUT2D eigenvalue weighted by Crippen LogP contribution is -2.25. The van der Waals surface area contributed by atoms with Crippen LogP contribution in [0, 0.1) is 5.82 Å². The summed E-state index contributed by atoms with van der Waals surface area (Å²) in [5, 5.41) is 3.26. The summed E-state index contributed by atoms with van der Waals surface area (Å²) in [7, 11) is 0. The minimum atomic E-state index is -0.331. The lowest BCUT2D eigenvalue weighted by Gasteiger charge is -2.17. The standard InChI is InChI=1S/C28H31FN4O3/c29-24-16-21-15-22(17-24)26-7-8-30-28(32-26)31-25-5-6-27(36-14-11-33-9-1-2-10-33)23(18-25)20-35-13-4-3-12-34-19-21/h3-8,15-18H,1-2,9-14,19-20H2,(H,30,31,32)/b4-3+. The van der Waals surface area contributed by atoms with Crippen LogP contribution in [0.4, 0.5) is 16.0 Å². The summed E-state index contributed by atoms with van der Waals surface area (Å²) in [6.07, 6.45) is 8.03. The SMILES string of the molecule is Fc1cc2cc(c1)-c1ccnc(n1)Nc1ccc(OCCN3CCCC3)c(c1)COC/C=C/COC2. The molecule has 188 valence electrons. The first-order valence-electron chi connectivity index (χ1n) is 12.4. The van der Waals surface area contributed by atoms with Crippen molar-refractivity contribution in [2.24, 2.45) is 0 Å². The largest absolute Gasteiger partial charge is 0.492 e. The second-order valence-electron chi connectivity index (χ2n) is 8.96. The van der Waals surface area contributed by atoms with Crippen molar-refractivity contribution in [1.29, 1.82) is 0 Å². The minimum absolute atomic E-state index is 0.300. The molecule has 36 heavy (non-hydrogen) atoms. The molecule has 3 heterocycles. The molecular formula is C28H31FN4O3. The molecule has 2 aliphatic heterocycles. The highest BCUT2D eigenvalue weighted by atomic mass is 19.1. The van der Waals surface area contributed by atoms with Gasteiger partial charge in [0.05, 0.1) is 32.1 Å². The third-order valence-corrected chi connectivity index (χ3v) is 6.21. The molecule has 3 aromatic rings. The number of likely N-dealkylation sites (tertiary alicyclic amines) is 1. The highest BCUT2D eigenvalue weighted by Gasteiger charge is 2.13. The van der Waals surface area contributed by atoms with Gasteiger partial charge >= 0.3 is 0 Å². The van der Waals surface area contributed by atoms with Gasteiger partial charge in [0.25, 0.3) is 0 Å². The van der Waals surface area contributed by atoms with Gasteiger partial charge in [0.15, 0.2) is 0 Å². The van der Waals surface area contributed by atoms with Crippen molar-refractivity contribution in [3.63, 3.8) is 0 Å². The zero-order valence-corrected chi connectivity index (χ0v) is 20.3. The van der Waals surface area contributed by atoms with Crippen LogP contribution in [0.5, 0.6) is 5.75 Å². The molecule has 8 heteroatoms. The summed E-state index contributed by atoms with van der Waals surface area (Å²) < 4.78 is 32.0. The molecule has 0 atom stereocenters. The Bertz CT molecular complexity index is 1200. The fraction of sp³-hybridized carbons (Fsp3) is 0.357. The normalized spacial score (nSPS) is 17.6. The predicted octanol–water partition coefficient (Wildman–Crippen LogP) is 5.10. The number of rotatable bonds is 4. The van der Waals surface area contributed by atoms with E-state index in [9.17, 15) is 4.39 Å². The van der Waals surface area contributed by atoms with E-state index in [2.05, 4.69) is 20.2 Å². The maximum absolute atomic E-state index is 14.3. The summed E-state index contributed by atoms with van der Waals surface area (Å²) in [4.78, 5) is 11.4. The fourth-order valence-corrected chi connectivity index (χ4v) is 4.41. The number of ether oxygens (including phenoxy) is 3. The lowest BCUT2D eigenvalue weighted by molar-refractivity contribution is 0.138. The van der Waals surface area contributed by atoms with Crippen LogP contribution in [0.25, 0.3) is 11.3 Å². The first kappa shape index (κ1) is 24.4. The van der Waals surface area contributed by atoms with Gasteiger partial charge in [0, 0.05) is 29.6 Å². The smallest absolute Gasteiger partial charge is 0.227 e. The molecule has 0 unspecified atom stereocenters. The third kappa shape index (κ3) is 6.66. The Morgan fingerprint density at radius 3 is 2.67 bits per heavy atom. The molecule has 1 saturated heterocycles. The fourth-order valence-electron chi connectivity index (χ4n) is 4.41. The van der Waals surface area contributed by atoms with Gasteiger partial charge in [0.1, 0.15) is 18.2 Å². The number of fused-ring (bicyclic) bond motifs is 7. The van der Waals surface area contributed by atoms with E-state index in [1.54, 1.807) is 12.3 Å². The summed E-state index contributed by atoms with van der Waals surface area (Å²) in [5.41, 5.74) is 3.81. The predicted molar refractivity (Wildman–Crippen MR) is 137 cm³/mol. The van der Waals surface area contributed by atoms with Gasteiger partial charge in [-0.1, -0.05) is 12.2 Å². The monoisotopic (exact) mass is 490 g/mol. The second-order valence-corrected chi connectivity index (χ2v) is 8.96. The Kier molecular flexibility index (Phi) is 8.17. The molecule has 0 spiro atoms. The maximum Gasteiger partial charge on any atom is 0.227 e. The van der Waals surface area contributed by atoms with Crippen LogP contribution in [0.3, 0.4) is 0 Å². The first-order chi connectivity index (χ1) is 17.7. The number of nitrogens with zero attached hydrogens (tertiary/aromatic N) is 3. The van der Waals surface area contributed by atoms with Crippen LogP contribution in [-0.4, -0.2) is 54.3 Å². The molecule has 6 bridgehead atoms. The number of halogens is 1. The van der Waals surface area contributed by atoms with Crippen LogP contribution in [0.15, 0.2) is 60.8 Å². The van der Waals surface area contributed by atoms with E-state index in [4.69, 9.17) is 14.2 Å².